The Morgan fingerprint density at radius 3 is 2.42 bits per heavy atom. The number of fused-ring (bicyclic) bond motifs is 1. The largest absolute Gasteiger partial charge is 0.508 e. The fourth-order valence-electron chi connectivity index (χ4n) is 3.80. The first-order valence-corrected chi connectivity index (χ1v) is 10.1. The van der Waals surface area contributed by atoms with Gasteiger partial charge in [0, 0.05) is 35.2 Å². The van der Waals surface area contributed by atoms with Crippen molar-refractivity contribution in [2.75, 3.05) is 0 Å². The highest BCUT2D eigenvalue weighted by atomic mass is 19.1. The Morgan fingerprint density at radius 2 is 1.81 bits per heavy atom. The van der Waals surface area contributed by atoms with Crippen LogP contribution in [0.25, 0.3) is 28.1 Å². The van der Waals surface area contributed by atoms with Gasteiger partial charge in [0.05, 0.1) is 24.1 Å². The lowest BCUT2D eigenvalue weighted by Crippen LogP contribution is -2.19. The molecule has 0 radical (unpaired) electrons. The minimum Gasteiger partial charge on any atom is -0.508 e. The summed E-state index contributed by atoms with van der Waals surface area (Å²) >= 11 is 0. The van der Waals surface area contributed by atoms with Crippen LogP contribution in [0.2, 0.25) is 0 Å². The third kappa shape index (κ3) is 5.13. The molecule has 0 spiro atoms. The molecule has 164 valence electrons. The van der Waals surface area contributed by atoms with Gasteiger partial charge in [-0.15, -0.1) is 0 Å². The molecule has 0 bridgehead atoms. The average Bonchev–Trinajstić information content (AvgIpc) is 2.99. The van der Waals surface area contributed by atoms with Gasteiger partial charge in [-0.25, -0.2) is 4.39 Å². The summed E-state index contributed by atoms with van der Waals surface area (Å²) in [5.41, 5.74) is 3.12. The van der Waals surface area contributed by atoms with Gasteiger partial charge in [-0.1, -0.05) is 18.2 Å². The second kappa shape index (κ2) is 9.32. The molecular weight excluding hydrogens is 401 g/mol. The molecule has 0 unspecified atom stereocenters. The summed E-state index contributed by atoms with van der Waals surface area (Å²) in [4.78, 5) is 10.7. The fourth-order valence-corrected chi connectivity index (χ4v) is 3.80. The molecule has 1 heterocycles. The number of carboxylic acids is 1. The van der Waals surface area contributed by atoms with Gasteiger partial charge in [0.25, 0.3) is 0 Å². The molecule has 31 heavy (non-hydrogen) atoms. The summed E-state index contributed by atoms with van der Waals surface area (Å²) in [6, 6.07) is 11.1. The second-order valence-corrected chi connectivity index (χ2v) is 7.85. The Labute approximate surface area is 179 Å². The molecule has 1 aromatic heterocycles. The van der Waals surface area contributed by atoms with E-state index in [2.05, 4.69) is 0 Å². The number of nitrogens with zero attached hydrogens (tertiary/aromatic N) is 1. The molecule has 0 fully saturated rings. The number of carboxylic acid groups (broad SMARTS) is 1. The van der Waals surface area contributed by atoms with Gasteiger partial charge in [0.15, 0.2) is 0 Å². The van der Waals surface area contributed by atoms with Crippen LogP contribution in [-0.4, -0.2) is 43.2 Å². The van der Waals surface area contributed by atoms with Crippen molar-refractivity contribution in [2.45, 2.75) is 44.9 Å². The van der Waals surface area contributed by atoms with E-state index in [4.69, 9.17) is 5.11 Å². The minimum atomic E-state index is -1.17. The van der Waals surface area contributed by atoms with Crippen molar-refractivity contribution in [1.82, 2.24) is 4.57 Å². The number of carbonyl (C=O) groups is 1. The average molecular weight is 427 g/mol. The predicted molar refractivity (Wildman–Crippen MR) is 117 cm³/mol. The summed E-state index contributed by atoms with van der Waals surface area (Å²) in [6.07, 6.45) is 0.442. The number of phenols is 1. The van der Waals surface area contributed by atoms with E-state index in [0.29, 0.717) is 0 Å². The van der Waals surface area contributed by atoms with Gasteiger partial charge in [-0.3, -0.25) is 4.79 Å². The molecule has 0 aliphatic carbocycles. The number of aromatic hydroxyl groups is 1. The van der Waals surface area contributed by atoms with Crippen molar-refractivity contribution in [3.05, 3.63) is 60.1 Å². The molecule has 6 nitrogen and oxygen atoms in total. The number of benzene rings is 2. The topological polar surface area (TPSA) is 103 Å². The highest BCUT2D eigenvalue weighted by molar-refractivity contribution is 6.01. The van der Waals surface area contributed by atoms with Crippen LogP contribution in [0.4, 0.5) is 4.39 Å². The Balaban J connectivity index is 2.12. The number of phenolic OH excluding ortho intramolecular Hbond substituents is 1. The SMILES string of the molecule is CC(C)n1c(/C=C\[C@@H](O)C[C@@H](O)CC(=O)O)c(-c2ccc(F)cc2)c2ccc(O)cc21. The molecule has 7 heteroatoms. The molecule has 2 atom stereocenters. The van der Waals surface area contributed by atoms with Crippen molar-refractivity contribution < 1.29 is 29.6 Å². The van der Waals surface area contributed by atoms with Crippen LogP contribution in [0.1, 0.15) is 38.4 Å². The molecule has 0 aliphatic heterocycles. The maximum absolute atomic E-state index is 13.5. The van der Waals surface area contributed by atoms with Crippen molar-refractivity contribution >= 4 is 22.9 Å². The van der Waals surface area contributed by atoms with Crippen LogP contribution in [0.3, 0.4) is 0 Å². The first-order valence-electron chi connectivity index (χ1n) is 10.1. The Bertz CT molecular complexity index is 1100. The standard InChI is InChI=1S/C24H26FNO5/c1-14(2)26-21(10-8-17(27)11-19(29)13-23(30)31)24(15-3-5-16(25)6-4-15)20-9-7-18(28)12-22(20)26/h3-10,12,14,17,19,27-29H,11,13H2,1-2H3,(H,30,31)/b10-8-/t17-,19-/m1/s1. The summed E-state index contributed by atoms with van der Waals surface area (Å²) in [5, 5.41) is 39.8. The number of aliphatic carboxylic acids is 1. The quantitative estimate of drug-likeness (QED) is 0.428. The lowest BCUT2D eigenvalue weighted by molar-refractivity contribution is -0.139. The normalized spacial score (nSPS) is 13.9. The van der Waals surface area contributed by atoms with Gasteiger partial charge in [-0.05, 0) is 49.8 Å². The number of hydrogen-bond acceptors (Lipinski definition) is 4. The van der Waals surface area contributed by atoms with E-state index in [1.807, 2.05) is 18.4 Å². The summed E-state index contributed by atoms with van der Waals surface area (Å²) in [5.74, 6) is -1.37. The van der Waals surface area contributed by atoms with Crippen LogP contribution < -0.4 is 0 Å². The lowest BCUT2D eigenvalue weighted by atomic mass is 10.0. The molecule has 2 aromatic carbocycles. The molecule has 4 N–H and O–H groups in total. The maximum Gasteiger partial charge on any atom is 0.305 e. The summed E-state index contributed by atoms with van der Waals surface area (Å²) < 4.78 is 15.5. The lowest BCUT2D eigenvalue weighted by Gasteiger charge is -2.15. The maximum atomic E-state index is 13.5. The van der Waals surface area contributed by atoms with E-state index in [1.165, 1.54) is 18.2 Å². The number of aromatic nitrogens is 1. The van der Waals surface area contributed by atoms with Crippen LogP contribution >= 0.6 is 0 Å². The Hall–Kier alpha value is -3.16. The van der Waals surface area contributed by atoms with E-state index in [-0.39, 0.29) is 24.0 Å². The molecule has 0 saturated heterocycles. The monoisotopic (exact) mass is 427 g/mol. The Morgan fingerprint density at radius 1 is 1.13 bits per heavy atom. The highest BCUT2D eigenvalue weighted by Crippen LogP contribution is 2.39. The van der Waals surface area contributed by atoms with Gasteiger partial charge in [0.2, 0.25) is 0 Å². The van der Waals surface area contributed by atoms with Gasteiger partial charge in [-0.2, -0.15) is 0 Å². The van der Waals surface area contributed by atoms with E-state index in [1.54, 1.807) is 36.4 Å². The van der Waals surface area contributed by atoms with Crippen molar-refractivity contribution in [1.29, 1.82) is 0 Å². The third-order valence-electron chi connectivity index (χ3n) is 5.08. The van der Waals surface area contributed by atoms with Gasteiger partial charge >= 0.3 is 5.97 Å². The molecule has 0 aliphatic rings. The number of aliphatic hydroxyl groups is 2. The first-order chi connectivity index (χ1) is 14.7. The number of halogens is 1. The fraction of sp³-hybridized carbons (Fsp3) is 0.292. The zero-order valence-corrected chi connectivity index (χ0v) is 17.4. The Kier molecular flexibility index (Phi) is 6.77. The van der Waals surface area contributed by atoms with Crippen LogP contribution in [0, 0.1) is 5.82 Å². The zero-order valence-electron chi connectivity index (χ0n) is 17.4. The van der Waals surface area contributed by atoms with Crippen LogP contribution in [0.15, 0.2) is 48.5 Å². The van der Waals surface area contributed by atoms with E-state index < -0.39 is 24.6 Å². The molecule has 0 amide bonds. The molecular formula is C24H26FNO5. The molecule has 3 aromatic rings. The zero-order chi connectivity index (χ0) is 22.7. The number of hydrogen-bond donors (Lipinski definition) is 4. The van der Waals surface area contributed by atoms with Crippen molar-refractivity contribution in [3.8, 4) is 16.9 Å². The third-order valence-corrected chi connectivity index (χ3v) is 5.08. The van der Waals surface area contributed by atoms with Crippen molar-refractivity contribution in [3.63, 3.8) is 0 Å². The van der Waals surface area contributed by atoms with Crippen LogP contribution in [0.5, 0.6) is 5.75 Å². The van der Waals surface area contributed by atoms with Crippen molar-refractivity contribution in [2.24, 2.45) is 0 Å². The van der Waals surface area contributed by atoms with Gasteiger partial charge in [0.1, 0.15) is 11.6 Å². The minimum absolute atomic E-state index is 0.00731. The van der Waals surface area contributed by atoms with Gasteiger partial charge < -0.3 is 25.0 Å². The predicted octanol–water partition coefficient (Wildman–Crippen LogP) is 4.33. The van der Waals surface area contributed by atoms with E-state index in [9.17, 15) is 24.5 Å². The number of aliphatic hydroxyl groups excluding tert-OH is 2. The first kappa shape index (κ1) is 22.5. The van der Waals surface area contributed by atoms with E-state index in [0.717, 1.165) is 27.7 Å². The second-order valence-electron chi connectivity index (χ2n) is 7.85. The molecule has 3 rings (SSSR count). The van der Waals surface area contributed by atoms with Crippen LogP contribution in [-0.2, 0) is 4.79 Å². The van der Waals surface area contributed by atoms with E-state index >= 15 is 0 Å². The summed E-state index contributed by atoms with van der Waals surface area (Å²) in [6.45, 7) is 3.98. The molecule has 0 saturated carbocycles. The summed E-state index contributed by atoms with van der Waals surface area (Å²) in [7, 11) is 0. The smallest absolute Gasteiger partial charge is 0.305 e. The highest BCUT2D eigenvalue weighted by Gasteiger charge is 2.20. The number of rotatable bonds is 8.